The molecule has 2 aromatic heterocycles. The molecule has 1 aromatic carbocycles. The van der Waals surface area contributed by atoms with Crippen LogP contribution in [0.5, 0.6) is 0 Å². The van der Waals surface area contributed by atoms with E-state index in [1.165, 1.54) is 29.4 Å². The first-order valence-electron chi connectivity index (χ1n) is 10.7. The van der Waals surface area contributed by atoms with Crippen LogP contribution in [0.15, 0.2) is 35.7 Å². The summed E-state index contributed by atoms with van der Waals surface area (Å²) in [7, 11) is 0. The zero-order valence-electron chi connectivity index (χ0n) is 16.4. The van der Waals surface area contributed by atoms with Crippen LogP contribution >= 0.6 is 11.3 Å². The van der Waals surface area contributed by atoms with Crippen LogP contribution in [-0.2, 0) is 9.47 Å². The Balaban J connectivity index is 1.37. The molecule has 0 unspecified atom stereocenters. The molecule has 2 aliphatic heterocycles. The van der Waals surface area contributed by atoms with E-state index in [2.05, 4.69) is 40.6 Å². The van der Waals surface area contributed by atoms with Crippen LogP contribution in [0, 0.1) is 5.92 Å². The van der Waals surface area contributed by atoms with Gasteiger partial charge in [-0.15, -0.1) is 11.3 Å². The van der Waals surface area contributed by atoms with E-state index in [0.29, 0.717) is 11.8 Å². The fourth-order valence-corrected chi connectivity index (χ4v) is 5.50. The lowest BCUT2D eigenvalue weighted by Crippen LogP contribution is -2.38. The van der Waals surface area contributed by atoms with Gasteiger partial charge in [0.05, 0.1) is 18.6 Å². The molecular formula is C23H25N3O2S. The SMILES string of the molecule is c1ccc(-c2csc3nc(C4CC4)nc(N4CCC(C5OCCO5)CC4)c23)cc1. The average Bonchev–Trinajstić information content (AvgIpc) is 3.31. The molecule has 0 amide bonds. The van der Waals surface area contributed by atoms with Crippen molar-refractivity contribution in [3.8, 4) is 11.1 Å². The molecule has 5 nitrogen and oxygen atoms in total. The topological polar surface area (TPSA) is 47.5 Å². The third-order valence-corrected chi connectivity index (χ3v) is 7.20. The highest BCUT2D eigenvalue weighted by atomic mass is 32.1. The summed E-state index contributed by atoms with van der Waals surface area (Å²) < 4.78 is 11.5. The molecule has 4 heterocycles. The molecule has 0 bridgehead atoms. The van der Waals surface area contributed by atoms with Gasteiger partial charge in [-0.3, -0.25) is 0 Å². The van der Waals surface area contributed by atoms with E-state index < -0.39 is 0 Å². The van der Waals surface area contributed by atoms with Gasteiger partial charge in [0.2, 0.25) is 0 Å². The molecule has 0 radical (unpaired) electrons. The Kier molecular flexibility index (Phi) is 4.51. The third-order valence-electron chi connectivity index (χ3n) is 6.33. The van der Waals surface area contributed by atoms with E-state index in [1.54, 1.807) is 11.3 Å². The number of thiophene rings is 1. The van der Waals surface area contributed by atoms with Crippen molar-refractivity contribution in [3.05, 3.63) is 41.5 Å². The van der Waals surface area contributed by atoms with Crippen LogP contribution in [0.3, 0.4) is 0 Å². The zero-order valence-corrected chi connectivity index (χ0v) is 17.2. The molecule has 3 aliphatic rings. The highest BCUT2D eigenvalue weighted by Gasteiger charge is 2.33. The second-order valence-corrected chi connectivity index (χ2v) is 9.17. The summed E-state index contributed by atoms with van der Waals surface area (Å²) in [4.78, 5) is 13.7. The Morgan fingerprint density at radius 1 is 0.931 bits per heavy atom. The largest absolute Gasteiger partial charge is 0.356 e. The minimum absolute atomic E-state index is 0.00868. The summed E-state index contributed by atoms with van der Waals surface area (Å²) in [6.07, 6.45) is 4.60. The second kappa shape index (κ2) is 7.35. The van der Waals surface area contributed by atoms with E-state index >= 15 is 0 Å². The minimum Gasteiger partial charge on any atom is -0.356 e. The van der Waals surface area contributed by atoms with Crippen LogP contribution in [0.2, 0.25) is 0 Å². The summed E-state index contributed by atoms with van der Waals surface area (Å²) in [5.41, 5.74) is 2.50. The summed E-state index contributed by atoms with van der Waals surface area (Å²) in [6, 6.07) is 10.6. The molecule has 1 saturated carbocycles. The fraction of sp³-hybridized carbons (Fsp3) is 0.478. The van der Waals surface area contributed by atoms with Gasteiger partial charge in [-0.25, -0.2) is 9.97 Å². The third kappa shape index (κ3) is 3.33. The van der Waals surface area contributed by atoms with E-state index in [1.807, 2.05) is 0 Å². The molecule has 6 heteroatoms. The highest BCUT2D eigenvalue weighted by molar-refractivity contribution is 7.17. The maximum atomic E-state index is 5.76. The Bertz CT molecular complexity index is 1000. The smallest absolute Gasteiger partial charge is 0.160 e. The van der Waals surface area contributed by atoms with E-state index in [4.69, 9.17) is 19.4 Å². The zero-order chi connectivity index (χ0) is 19.2. The van der Waals surface area contributed by atoms with E-state index in [0.717, 1.165) is 55.6 Å². The van der Waals surface area contributed by atoms with Crippen molar-refractivity contribution in [2.24, 2.45) is 5.92 Å². The van der Waals surface area contributed by atoms with Gasteiger partial charge >= 0.3 is 0 Å². The van der Waals surface area contributed by atoms with Gasteiger partial charge < -0.3 is 14.4 Å². The number of piperidine rings is 1. The van der Waals surface area contributed by atoms with Gasteiger partial charge in [-0.2, -0.15) is 0 Å². The average molecular weight is 408 g/mol. The molecule has 0 spiro atoms. The number of benzene rings is 1. The van der Waals surface area contributed by atoms with Crippen LogP contribution in [0.1, 0.15) is 37.4 Å². The molecule has 0 N–H and O–H groups in total. The summed E-state index contributed by atoms with van der Waals surface area (Å²) in [5, 5.41) is 3.47. The predicted octanol–water partition coefficient (Wildman–Crippen LogP) is 4.83. The highest BCUT2D eigenvalue weighted by Crippen LogP contribution is 2.44. The van der Waals surface area contributed by atoms with Crippen molar-refractivity contribution in [2.45, 2.75) is 37.9 Å². The van der Waals surface area contributed by atoms with Crippen molar-refractivity contribution in [2.75, 3.05) is 31.2 Å². The van der Waals surface area contributed by atoms with Crippen LogP contribution in [0.25, 0.3) is 21.3 Å². The van der Waals surface area contributed by atoms with Crippen molar-refractivity contribution in [3.63, 3.8) is 0 Å². The number of hydrogen-bond donors (Lipinski definition) is 0. The molecule has 150 valence electrons. The maximum absolute atomic E-state index is 5.76. The Labute approximate surface area is 174 Å². The van der Waals surface area contributed by atoms with Crippen LogP contribution in [-0.4, -0.2) is 42.6 Å². The number of rotatable bonds is 4. The van der Waals surface area contributed by atoms with Gasteiger partial charge in [0.15, 0.2) is 6.29 Å². The number of hydrogen-bond acceptors (Lipinski definition) is 6. The lowest BCUT2D eigenvalue weighted by Gasteiger charge is -2.35. The quantitative estimate of drug-likeness (QED) is 0.620. The van der Waals surface area contributed by atoms with Crippen molar-refractivity contribution >= 4 is 27.4 Å². The maximum Gasteiger partial charge on any atom is 0.160 e. The van der Waals surface area contributed by atoms with Crippen molar-refractivity contribution in [1.29, 1.82) is 0 Å². The number of fused-ring (bicyclic) bond motifs is 1. The number of anilines is 1. The molecular weight excluding hydrogens is 382 g/mol. The van der Waals surface area contributed by atoms with E-state index in [-0.39, 0.29) is 6.29 Å². The molecule has 3 fully saturated rings. The lowest BCUT2D eigenvalue weighted by molar-refractivity contribution is -0.0889. The first-order valence-corrected chi connectivity index (χ1v) is 11.6. The van der Waals surface area contributed by atoms with Gasteiger partial charge in [-0.05, 0) is 31.2 Å². The van der Waals surface area contributed by atoms with Gasteiger partial charge in [0.25, 0.3) is 0 Å². The molecule has 6 rings (SSSR count). The minimum atomic E-state index is -0.00868. The normalized spacial score (nSPS) is 21.3. The fourth-order valence-electron chi connectivity index (χ4n) is 4.55. The van der Waals surface area contributed by atoms with Crippen LogP contribution in [0.4, 0.5) is 5.82 Å². The number of aromatic nitrogens is 2. The lowest BCUT2D eigenvalue weighted by atomic mass is 9.95. The Morgan fingerprint density at radius 2 is 1.69 bits per heavy atom. The van der Waals surface area contributed by atoms with Gasteiger partial charge in [0.1, 0.15) is 16.5 Å². The van der Waals surface area contributed by atoms with Gasteiger partial charge in [-0.1, -0.05) is 30.3 Å². The first kappa shape index (κ1) is 17.8. The summed E-state index contributed by atoms with van der Waals surface area (Å²) in [6.45, 7) is 3.46. The van der Waals surface area contributed by atoms with E-state index in [9.17, 15) is 0 Å². The number of ether oxygens (including phenoxy) is 2. The second-order valence-electron chi connectivity index (χ2n) is 8.31. The molecule has 3 aromatic rings. The molecule has 29 heavy (non-hydrogen) atoms. The monoisotopic (exact) mass is 407 g/mol. The standard InChI is InChI=1S/C23H25N3O2S/c1-2-4-15(5-3-1)18-14-29-22-19(18)21(24-20(25-22)16-6-7-16)26-10-8-17(9-11-26)23-27-12-13-28-23/h1-5,14,16-17,23H,6-13H2. The van der Waals surface area contributed by atoms with Gasteiger partial charge in [0, 0.05) is 35.9 Å². The number of nitrogens with zero attached hydrogens (tertiary/aromatic N) is 3. The first-order chi connectivity index (χ1) is 14.4. The Hall–Kier alpha value is -2.02. The summed E-state index contributed by atoms with van der Waals surface area (Å²) >= 11 is 1.75. The van der Waals surface area contributed by atoms with Crippen molar-refractivity contribution in [1.82, 2.24) is 9.97 Å². The Morgan fingerprint density at radius 3 is 2.41 bits per heavy atom. The molecule has 1 aliphatic carbocycles. The predicted molar refractivity (Wildman–Crippen MR) is 115 cm³/mol. The molecule has 0 atom stereocenters. The summed E-state index contributed by atoms with van der Waals surface area (Å²) in [5.74, 6) is 3.21. The van der Waals surface area contributed by atoms with Crippen LogP contribution < -0.4 is 4.90 Å². The molecule has 2 saturated heterocycles. The van der Waals surface area contributed by atoms with Crippen molar-refractivity contribution < 1.29 is 9.47 Å².